The Bertz CT molecular complexity index is 847. The summed E-state index contributed by atoms with van der Waals surface area (Å²) >= 11 is 0. The fraction of sp³-hybridized carbons (Fsp3) is 0.500. The molecular formula is C26H36N2O2. The summed E-state index contributed by atoms with van der Waals surface area (Å²) in [5.74, 6) is 1.42. The lowest BCUT2D eigenvalue weighted by atomic mass is 9.99. The predicted octanol–water partition coefficient (Wildman–Crippen LogP) is 5.57. The van der Waals surface area contributed by atoms with Crippen molar-refractivity contribution in [2.75, 3.05) is 18.0 Å². The smallest absolute Gasteiger partial charge is 0.261 e. The molecular weight excluding hydrogens is 372 g/mol. The Morgan fingerprint density at radius 1 is 1.17 bits per heavy atom. The summed E-state index contributed by atoms with van der Waals surface area (Å²) < 4.78 is 5.99. The SMILES string of the molecule is CC[C@H](Oc1ccc(C)c(C)c1)C(=O)N[C@@H](C)c1ccc(N2CCC[C@@H](C)C2)cc1. The quantitative estimate of drug-likeness (QED) is 0.651. The normalized spacial score (nSPS) is 18.6. The van der Waals surface area contributed by atoms with E-state index in [0.717, 1.165) is 30.3 Å². The number of rotatable bonds is 7. The first-order chi connectivity index (χ1) is 14.4. The number of amides is 1. The van der Waals surface area contributed by atoms with Gasteiger partial charge in [0.15, 0.2) is 6.10 Å². The topological polar surface area (TPSA) is 41.6 Å². The monoisotopic (exact) mass is 408 g/mol. The highest BCUT2D eigenvalue weighted by atomic mass is 16.5. The molecule has 1 heterocycles. The van der Waals surface area contributed by atoms with Crippen LogP contribution in [0, 0.1) is 19.8 Å². The second-order valence-corrected chi connectivity index (χ2v) is 8.78. The summed E-state index contributed by atoms with van der Waals surface area (Å²) in [7, 11) is 0. The van der Waals surface area contributed by atoms with E-state index in [1.807, 2.05) is 32.0 Å². The summed E-state index contributed by atoms with van der Waals surface area (Å²) in [6, 6.07) is 14.5. The van der Waals surface area contributed by atoms with Crippen molar-refractivity contribution in [3.8, 4) is 5.75 Å². The van der Waals surface area contributed by atoms with Crippen molar-refractivity contribution in [2.45, 2.75) is 66.0 Å². The first kappa shape index (κ1) is 22.2. The number of carbonyl (C=O) groups is 1. The lowest BCUT2D eigenvalue weighted by Crippen LogP contribution is -2.39. The summed E-state index contributed by atoms with van der Waals surface area (Å²) in [4.78, 5) is 15.3. The fourth-order valence-corrected chi connectivity index (χ4v) is 4.06. The molecule has 2 aromatic carbocycles. The molecule has 1 N–H and O–H groups in total. The lowest BCUT2D eigenvalue weighted by molar-refractivity contribution is -0.128. The zero-order valence-electron chi connectivity index (χ0n) is 19.1. The van der Waals surface area contributed by atoms with Crippen LogP contribution in [-0.2, 0) is 4.79 Å². The number of aryl methyl sites for hydroxylation is 2. The number of hydrogen-bond donors (Lipinski definition) is 1. The van der Waals surface area contributed by atoms with Crippen molar-refractivity contribution in [3.63, 3.8) is 0 Å². The van der Waals surface area contributed by atoms with Crippen LogP contribution >= 0.6 is 0 Å². The number of ether oxygens (including phenoxy) is 1. The van der Waals surface area contributed by atoms with E-state index in [-0.39, 0.29) is 11.9 Å². The third-order valence-electron chi connectivity index (χ3n) is 6.19. The molecule has 4 heteroatoms. The Morgan fingerprint density at radius 2 is 1.90 bits per heavy atom. The molecule has 0 aliphatic carbocycles. The van der Waals surface area contributed by atoms with Gasteiger partial charge in [0.1, 0.15) is 5.75 Å². The standard InChI is InChI=1S/C26H36N2O2/c1-6-25(30-24-14-9-19(3)20(4)16-24)26(29)27-21(5)22-10-12-23(13-11-22)28-15-7-8-18(2)17-28/h9-14,16,18,21,25H,6-8,15,17H2,1-5H3,(H,27,29)/t18-,21+,25+/m1/s1. The summed E-state index contributed by atoms with van der Waals surface area (Å²) in [6.45, 7) is 12.7. The number of hydrogen-bond acceptors (Lipinski definition) is 3. The van der Waals surface area contributed by atoms with Gasteiger partial charge >= 0.3 is 0 Å². The van der Waals surface area contributed by atoms with E-state index in [4.69, 9.17) is 4.74 Å². The predicted molar refractivity (Wildman–Crippen MR) is 124 cm³/mol. The molecule has 2 aromatic rings. The number of nitrogens with one attached hydrogen (secondary N) is 1. The Morgan fingerprint density at radius 3 is 2.53 bits per heavy atom. The average Bonchev–Trinajstić information content (AvgIpc) is 2.74. The van der Waals surface area contributed by atoms with Gasteiger partial charge in [0.2, 0.25) is 0 Å². The number of anilines is 1. The van der Waals surface area contributed by atoms with Crippen LogP contribution in [0.4, 0.5) is 5.69 Å². The maximum absolute atomic E-state index is 12.8. The van der Waals surface area contributed by atoms with Crippen LogP contribution in [0.2, 0.25) is 0 Å². The second kappa shape index (κ2) is 10.0. The number of benzene rings is 2. The first-order valence-electron chi connectivity index (χ1n) is 11.3. The molecule has 0 saturated carbocycles. The Kier molecular flexibility index (Phi) is 7.41. The van der Waals surface area contributed by atoms with E-state index in [1.165, 1.54) is 29.7 Å². The third-order valence-corrected chi connectivity index (χ3v) is 6.19. The molecule has 0 radical (unpaired) electrons. The van der Waals surface area contributed by atoms with E-state index in [0.29, 0.717) is 6.42 Å². The molecule has 1 saturated heterocycles. The van der Waals surface area contributed by atoms with Crippen molar-refractivity contribution in [1.82, 2.24) is 5.32 Å². The van der Waals surface area contributed by atoms with Crippen molar-refractivity contribution in [1.29, 1.82) is 0 Å². The third kappa shape index (κ3) is 5.56. The van der Waals surface area contributed by atoms with Gasteiger partial charge in [-0.15, -0.1) is 0 Å². The minimum atomic E-state index is -0.497. The Hall–Kier alpha value is -2.49. The molecule has 0 aromatic heterocycles. The van der Waals surface area contributed by atoms with Crippen LogP contribution in [0.25, 0.3) is 0 Å². The molecule has 3 atom stereocenters. The fourth-order valence-electron chi connectivity index (χ4n) is 4.06. The van der Waals surface area contributed by atoms with Gasteiger partial charge in [-0.3, -0.25) is 4.79 Å². The van der Waals surface area contributed by atoms with Crippen molar-refractivity contribution < 1.29 is 9.53 Å². The van der Waals surface area contributed by atoms with Crippen LogP contribution in [0.3, 0.4) is 0 Å². The van der Waals surface area contributed by atoms with Gasteiger partial charge in [0.05, 0.1) is 6.04 Å². The van der Waals surface area contributed by atoms with Gasteiger partial charge in [0, 0.05) is 18.8 Å². The second-order valence-electron chi connectivity index (χ2n) is 8.78. The van der Waals surface area contributed by atoms with Crippen LogP contribution in [0.5, 0.6) is 5.75 Å². The molecule has 1 amide bonds. The van der Waals surface area contributed by atoms with Gasteiger partial charge in [-0.25, -0.2) is 0 Å². The largest absolute Gasteiger partial charge is 0.481 e. The summed E-state index contributed by atoms with van der Waals surface area (Å²) in [5, 5.41) is 3.12. The van der Waals surface area contributed by atoms with Gasteiger partial charge < -0.3 is 15.0 Å². The molecule has 4 nitrogen and oxygen atoms in total. The van der Waals surface area contributed by atoms with Crippen molar-refractivity contribution in [3.05, 3.63) is 59.2 Å². The minimum absolute atomic E-state index is 0.0655. The highest BCUT2D eigenvalue weighted by molar-refractivity contribution is 5.81. The molecule has 162 valence electrons. The van der Waals surface area contributed by atoms with Crippen LogP contribution in [0.15, 0.2) is 42.5 Å². The minimum Gasteiger partial charge on any atom is -0.481 e. The zero-order chi connectivity index (χ0) is 21.7. The van der Waals surface area contributed by atoms with E-state index < -0.39 is 6.10 Å². The maximum Gasteiger partial charge on any atom is 0.261 e. The molecule has 3 rings (SSSR count). The molecule has 0 spiro atoms. The van der Waals surface area contributed by atoms with Gasteiger partial charge in [-0.2, -0.15) is 0 Å². The van der Waals surface area contributed by atoms with Crippen LogP contribution in [0.1, 0.15) is 62.8 Å². The highest BCUT2D eigenvalue weighted by Gasteiger charge is 2.21. The average molecular weight is 409 g/mol. The van der Waals surface area contributed by atoms with Gasteiger partial charge in [0.25, 0.3) is 5.91 Å². The summed E-state index contributed by atoms with van der Waals surface area (Å²) in [6.07, 6.45) is 2.70. The number of nitrogens with zero attached hydrogens (tertiary/aromatic N) is 1. The van der Waals surface area contributed by atoms with Gasteiger partial charge in [-0.1, -0.05) is 32.0 Å². The Labute approximate surface area is 181 Å². The number of carbonyl (C=O) groups excluding carboxylic acids is 1. The van der Waals surface area contributed by atoms with Crippen LogP contribution in [-0.4, -0.2) is 25.1 Å². The highest BCUT2D eigenvalue weighted by Crippen LogP contribution is 2.25. The lowest BCUT2D eigenvalue weighted by Gasteiger charge is -2.33. The molecule has 0 unspecified atom stereocenters. The molecule has 0 bridgehead atoms. The number of piperidine rings is 1. The molecule has 30 heavy (non-hydrogen) atoms. The molecule has 1 aliphatic rings. The zero-order valence-corrected chi connectivity index (χ0v) is 19.1. The van der Waals surface area contributed by atoms with E-state index in [2.05, 4.69) is 55.3 Å². The molecule has 1 aliphatic heterocycles. The summed E-state index contributed by atoms with van der Waals surface area (Å²) in [5.41, 5.74) is 4.77. The maximum atomic E-state index is 12.8. The van der Waals surface area contributed by atoms with Gasteiger partial charge in [-0.05, 0) is 86.9 Å². The van der Waals surface area contributed by atoms with E-state index in [1.54, 1.807) is 0 Å². The molecule has 1 fully saturated rings. The van der Waals surface area contributed by atoms with Crippen molar-refractivity contribution >= 4 is 11.6 Å². The van der Waals surface area contributed by atoms with Crippen molar-refractivity contribution in [2.24, 2.45) is 5.92 Å². The van der Waals surface area contributed by atoms with E-state index in [9.17, 15) is 4.79 Å². The van der Waals surface area contributed by atoms with E-state index >= 15 is 0 Å². The first-order valence-corrected chi connectivity index (χ1v) is 11.3. The Balaban J connectivity index is 1.60. The van der Waals surface area contributed by atoms with Crippen LogP contribution < -0.4 is 15.0 Å².